The van der Waals surface area contributed by atoms with Crippen LogP contribution in [-0.2, 0) is 12.4 Å². The largest absolute Gasteiger partial charge is 0.478 e. The van der Waals surface area contributed by atoms with Crippen LogP contribution in [0.25, 0.3) is 0 Å². The number of hydrogen-bond acceptors (Lipinski definition) is 3. The molecule has 47 heavy (non-hydrogen) atoms. The lowest BCUT2D eigenvalue weighted by Gasteiger charge is -2.12. The summed E-state index contributed by atoms with van der Waals surface area (Å²) in [6.45, 7) is 2.63. The van der Waals surface area contributed by atoms with Crippen molar-refractivity contribution in [1.82, 2.24) is 0 Å². The number of nitrogens with two attached hydrogens (primary N) is 1. The number of anilines is 2. The predicted molar refractivity (Wildman–Crippen MR) is 174 cm³/mol. The van der Waals surface area contributed by atoms with Gasteiger partial charge in [-0.25, -0.2) is 4.79 Å². The van der Waals surface area contributed by atoms with Crippen LogP contribution < -0.4 is 11.1 Å². The smallest absolute Gasteiger partial charge is 0.416 e. The molecule has 0 bridgehead atoms. The molecule has 0 aliphatic heterocycles. The molecule has 4 aromatic rings. The van der Waals surface area contributed by atoms with Crippen LogP contribution in [0.4, 0.5) is 37.7 Å². The first kappa shape index (κ1) is 41.3. The Morgan fingerprint density at radius 3 is 1.57 bits per heavy atom. The Morgan fingerprint density at radius 1 is 0.702 bits per heavy atom. The van der Waals surface area contributed by atoms with E-state index in [0.717, 1.165) is 23.8 Å². The van der Waals surface area contributed by atoms with Gasteiger partial charge >= 0.3 is 18.3 Å². The molecule has 5 nitrogen and oxygen atoms in total. The van der Waals surface area contributed by atoms with Crippen LogP contribution in [0, 0.1) is 38.5 Å². The van der Waals surface area contributed by atoms with Crippen molar-refractivity contribution in [1.29, 1.82) is 0 Å². The number of nitrogen functional groups attached to an aromatic ring is 1. The van der Waals surface area contributed by atoms with Gasteiger partial charge in [-0.3, -0.25) is 4.79 Å². The predicted octanol–water partition coefficient (Wildman–Crippen LogP) is 9.48. The number of alkyl halides is 6. The molecule has 0 aromatic heterocycles. The molecule has 4 N–H and O–H groups in total. The van der Waals surface area contributed by atoms with E-state index in [1.165, 1.54) is 26.0 Å². The molecule has 11 heteroatoms. The average Bonchev–Trinajstić information content (AvgIpc) is 2.97. The number of amides is 1. The molecule has 0 unspecified atom stereocenters. The highest BCUT2D eigenvalue weighted by Gasteiger charge is 2.33. The van der Waals surface area contributed by atoms with Gasteiger partial charge in [0.2, 0.25) is 0 Å². The molecular weight excluding hydrogens is 622 g/mol. The van der Waals surface area contributed by atoms with Gasteiger partial charge in [0.25, 0.3) is 5.91 Å². The normalized spacial score (nSPS) is 10.1. The number of aromatic carboxylic acids is 1. The minimum absolute atomic E-state index is 0. The van der Waals surface area contributed by atoms with Crippen molar-refractivity contribution < 1.29 is 41.0 Å². The van der Waals surface area contributed by atoms with E-state index >= 15 is 0 Å². The fraction of sp³-hybridized carbons (Fsp3) is 0.167. The van der Waals surface area contributed by atoms with Gasteiger partial charge in [-0.2, -0.15) is 26.3 Å². The fourth-order valence-electron chi connectivity index (χ4n) is 3.65. The van der Waals surface area contributed by atoms with Gasteiger partial charge in [-0.1, -0.05) is 51.0 Å². The molecule has 0 aliphatic rings. The summed E-state index contributed by atoms with van der Waals surface area (Å²) >= 11 is 0. The number of carbonyl (C=O) groups excluding carboxylic acids is 1. The van der Waals surface area contributed by atoms with E-state index in [9.17, 15) is 35.9 Å². The first-order valence-corrected chi connectivity index (χ1v) is 12.8. The number of carboxylic acid groups (broad SMARTS) is 1. The van der Waals surface area contributed by atoms with Gasteiger partial charge < -0.3 is 16.2 Å². The highest BCUT2D eigenvalue weighted by molar-refractivity contribution is 6.04. The average molecular weight is 657 g/mol. The van der Waals surface area contributed by atoms with Gasteiger partial charge in [0.1, 0.15) is 0 Å². The summed E-state index contributed by atoms with van der Waals surface area (Å²) in [6.07, 6.45) is 1.37. The quantitative estimate of drug-likeness (QED) is 0.116. The SMILES string of the molecule is C.C.C#Cc1cccc(N)c1.C#Cc1cccc(NC(=O)c2ccc(C)c(C(F)(F)F)c2)c1.Cc1ccc(C(=O)O)cc1C(F)(F)F. The van der Waals surface area contributed by atoms with Crippen molar-refractivity contribution in [3.8, 4) is 24.7 Å². The lowest BCUT2D eigenvalue weighted by atomic mass is 10.0. The molecule has 0 aliphatic carbocycles. The number of carbonyl (C=O) groups is 2. The van der Waals surface area contributed by atoms with Gasteiger partial charge in [0, 0.05) is 28.1 Å². The molecule has 0 saturated heterocycles. The molecule has 0 atom stereocenters. The number of rotatable bonds is 3. The topological polar surface area (TPSA) is 92.4 Å². The highest BCUT2D eigenvalue weighted by atomic mass is 19.4. The Morgan fingerprint density at radius 2 is 1.15 bits per heavy atom. The lowest BCUT2D eigenvalue weighted by Crippen LogP contribution is -2.15. The zero-order chi connectivity index (χ0) is 33.9. The van der Waals surface area contributed by atoms with E-state index in [1.807, 2.05) is 12.1 Å². The minimum Gasteiger partial charge on any atom is -0.478 e. The van der Waals surface area contributed by atoms with E-state index in [2.05, 4.69) is 17.2 Å². The summed E-state index contributed by atoms with van der Waals surface area (Å²) < 4.78 is 75.5. The van der Waals surface area contributed by atoms with Crippen molar-refractivity contribution in [2.45, 2.75) is 41.1 Å². The number of aryl methyl sites for hydroxylation is 2. The maximum atomic E-state index is 12.9. The van der Waals surface area contributed by atoms with Crippen LogP contribution in [-0.4, -0.2) is 17.0 Å². The number of benzene rings is 4. The van der Waals surface area contributed by atoms with Gasteiger partial charge in [-0.05, 0) is 85.6 Å². The highest BCUT2D eigenvalue weighted by Crippen LogP contribution is 2.33. The third kappa shape index (κ3) is 12.7. The van der Waals surface area contributed by atoms with E-state index in [4.69, 9.17) is 23.7 Å². The van der Waals surface area contributed by atoms with Crippen molar-refractivity contribution in [2.24, 2.45) is 0 Å². The minimum atomic E-state index is -4.50. The van der Waals surface area contributed by atoms with Gasteiger partial charge in [-0.15, -0.1) is 12.8 Å². The second kappa shape index (κ2) is 17.7. The summed E-state index contributed by atoms with van der Waals surface area (Å²) in [5.74, 6) is 2.91. The maximum absolute atomic E-state index is 12.9. The Balaban J connectivity index is 0.000000727. The Kier molecular flexibility index (Phi) is 15.6. The third-order valence-corrected chi connectivity index (χ3v) is 5.94. The summed E-state index contributed by atoms with van der Waals surface area (Å²) in [5, 5.41) is 11.0. The number of halogens is 6. The summed E-state index contributed by atoms with van der Waals surface area (Å²) in [4.78, 5) is 22.5. The second-order valence-electron chi connectivity index (χ2n) is 9.31. The van der Waals surface area contributed by atoms with E-state index in [0.29, 0.717) is 23.0 Å². The Labute approximate surface area is 270 Å². The zero-order valence-electron chi connectivity index (χ0n) is 23.8. The molecule has 0 heterocycles. The van der Waals surface area contributed by atoms with Crippen LogP contribution in [0.3, 0.4) is 0 Å². The van der Waals surface area contributed by atoms with Crippen LogP contribution in [0.1, 0.15) is 68.9 Å². The standard InChI is InChI=1S/C17H12F3NO.C9H7F3O2.C8H7N.2CH4/c1-3-12-5-4-6-14(9-12)21-16(22)13-8-7-11(2)15(10-13)17(18,19)20;1-5-2-3-6(8(13)14)4-7(5)9(10,11)12;1-2-7-4-3-5-8(9)6-7;;/h1,4-10H,2H3,(H,21,22);2-4H,1H3,(H,13,14);1,3-6H,9H2;2*1H4. The van der Waals surface area contributed by atoms with Crippen LogP contribution in [0.5, 0.6) is 0 Å². The Hall–Kier alpha value is -5.68. The molecule has 0 radical (unpaired) electrons. The molecule has 4 aromatic carbocycles. The third-order valence-electron chi connectivity index (χ3n) is 5.94. The van der Waals surface area contributed by atoms with E-state index in [1.54, 1.807) is 36.4 Å². The van der Waals surface area contributed by atoms with Crippen LogP contribution in [0.15, 0.2) is 84.9 Å². The maximum Gasteiger partial charge on any atom is 0.416 e. The molecule has 4 rings (SSSR count). The molecule has 0 saturated carbocycles. The first-order valence-electron chi connectivity index (χ1n) is 12.8. The molecule has 0 spiro atoms. The van der Waals surface area contributed by atoms with Crippen molar-refractivity contribution >= 4 is 23.3 Å². The van der Waals surface area contributed by atoms with Gasteiger partial charge in [0.05, 0.1) is 16.7 Å². The number of terminal acetylenes is 2. The lowest BCUT2D eigenvalue weighted by molar-refractivity contribution is -0.138. The summed E-state index contributed by atoms with van der Waals surface area (Å²) in [5.41, 5.74) is 5.91. The number of hydrogen-bond donors (Lipinski definition) is 3. The first-order chi connectivity index (χ1) is 21.0. The van der Waals surface area contributed by atoms with Crippen LogP contribution in [0.2, 0.25) is 0 Å². The second-order valence-corrected chi connectivity index (χ2v) is 9.31. The van der Waals surface area contributed by atoms with Crippen molar-refractivity contribution in [3.63, 3.8) is 0 Å². The van der Waals surface area contributed by atoms with E-state index in [-0.39, 0.29) is 37.1 Å². The monoisotopic (exact) mass is 656 g/mol. The van der Waals surface area contributed by atoms with E-state index < -0.39 is 35.4 Å². The number of carboxylic acids is 1. The summed E-state index contributed by atoms with van der Waals surface area (Å²) in [7, 11) is 0. The molecule has 0 fully saturated rings. The molecule has 1 amide bonds. The fourth-order valence-corrected chi connectivity index (χ4v) is 3.65. The molecular formula is C36H34F6N2O3. The summed E-state index contributed by atoms with van der Waals surface area (Å²) in [6, 6.07) is 20.2. The Bertz CT molecular complexity index is 1760. The number of nitrogens with one attached hydrogen (secondary N) is 1. The van der Waals surface area contributed by atoms with Crippen LogP contribution >= 0.6 is 0 Å². The zero-order valence-corrected chi connectivity index (χ0v) is 23.8. The van der Waals surface area contributed by atoms with Crippen molar-refractivity contribution in [2.75, 3.05) is 11.1 Å². The van der Waals surface area contributed by atoms with Crippen molar-refractivity contribution in [3.05, 3.63) is 129 Å². The van der Waals surface area contributed by atoms with Gasteiger partial charge in [0.15, 0.2) is 0 Å². The molecule has 248 valence electrons.